The normalized spacial score (nSPS) is 23.4. The molecule has 8 nitrogen and oxygen atoms in total. The summed E-state index contributed by atoms with van der Waals surface area (Å²) < 4.78 is 7.34. The average Bonchev–Trinajstić information content (AvgIpc) is 3.36. The molecule has 2 saturated heterocycles. The van der Waals surface area contributed by atoms with Crippen molar-refractivity contribution in [3.63, 3.8) is 0 Å². The third-order valence-corrected chi connectivity index (χ3v) is 5.18. The first-order valence-electron chi connectivity index (χ1n) is 8.99. The smallest absolute Gasteiger partial charge is 0.255 e. The summed E-state index contributed by atoms with van der Waals surface area (Å²) in [4.78, 5) is 19.4. The molecule has 2 aliphatic rings. The molecule has 4 heterocycles. The number of nitrogens with two attached hydrogens (primary N) is 1. The van der Waals surface area contributed by atoms with Crippen LogP contribution in [0.5, 0.6) is 0 Å². The summed E-state index contributed by atoms with van der Waals surface area (Å²) in [6.45, 7) is 3.33. The molecule has 3 N–H and O–H groups in total. The van der Waals surface area contributed by atoms with E-state index in [9.17, 15) is 4.79 Å². The quantitative estimate of drug-likeness (QED) is 0.835. The lowest BCUT2D eigenvalue weighted by Gasteiger charge is -2.28. The number of aromatic nitrogens is 3. The first-order chi connectivity index (χ1) is 12.6. The van der Waals surface area contributed by atoms with Crippen LogP contribution in [0.1, 0.15) is 23.2 Å². The number of carbonyl (C=O) groups excluding carboxylic acids is 1. The summed E-state index contributed by atoms with van der Waals surface area (Å²) in [7, 11) is 1.85. The van der Waals surface area contributed by atoms with Crippen molar-refractivity contribution in [2.45, 2.75) is 24.9 Å². The number of nitrogens with zero attached hydrogens (tertiary/aromatic N) is 4. The summed E-state index contributed by atoms with van der Waals surface area (Å²) in [5, 5.41) is 7.26. The minimum atomic E-state index is -0.208. The number of nitrogen functional groups attached to an aromatic ring is 1. The molecule has 0 aromatic carbocycles. The van der Waals surface area contributed by atoms with E-state index >= 15 is 0 Å². The molecule has 2 fully saturated rings. The van der Waals surface area contributed by atoms with E-state index in [-0.39, 0.29) is 23.8 Å². The number of anilines is 1. The van der Waals surface area contributed by atoms with E-state index in [0.717, 1.165) is 24.2 Å². The molecule has 2 aromatic heterocycles. The van der Waals surface area contributed by atoms with Gasteiger partial charge in [0.2, 0.25) is 0 Å². The van der Waals surface area contributed by atoms with E-state index in [0.29, 0.717) is 18.8 Å². The highest BCUT2D eigenvalue weighted by Crippen LogP contribution is 2.23. The van der Waals surface area contributed by atoms with E-state index in [4.69, 9.17) is 10.5 Å². The van der Waals surface area contributed by atoms with Crippen LogP contribution in [0.4, 0.5) is 5.82 Å². The first kappa shape index (κ1) is 17.0. The van der Waals surface area contributed by atoms with E-state index in [2.05, 4.69) is 20.3 Å². The number of carbonyl (C=O) groups is 1. The minimum absolute atomic E-state index is 0.0259. The Kier molecular flexibility index (Phi) is 4.60. The predicted octanol–water partition coefficient (Wildman–Crippen LogP) is 0.657. The van der Waals surface area contributed by atoms with Gasteiger partial charge in [0.05, 0.1) is 37.1 Å². The molecule has 0 spiro atoms. The van der Waals surface area contributed by atoms with Crippen LogP contribution in [0.3, 0.4) is 0 Å². The van der Waals surface area contributed by atoms with Crippen LogP contribution in [0.2, 0.25) is 0 Å². The second kappa shape index (κ2) is 7.05. The van der Waals surface area contributed by atoms with Crippen molar-refractivity contribution in [3.05, 3.63) is 30.2 Å². The summed E-state index contributed by atoms with van der Waals surface area (Å²) in [5.41, 5.74) is 8.07. The molecule has 0 radical (unpaired) electrons. The largest absolute Gasteiger partial charge is 0.383 e. The number of amides is 1. The second-order valence-electron chi connectivity index (χ2n) is 6.99. The summed E-state index contributed by atoms with van der Waals surface area (Å²) in [6.07, 6.45) is 7.70. The van der Waals surface area contributed by atoms with Crippen LogP contribution in [0, 0.1) is 0 Å². The molecule has 0 aliphatic carbocycles. The highest BCUT2D eigenvalue weighted by atomic mass is 16.5. The lowest BCUT2D eigenvalue weighted by Crippen LogP contribution is -2.50. The lowest BCUT2D eigenvalue weighted by atomic mass is 10.1. The molecule has 2 aliphatic heterocycles. The van der Waals surface area contributed by atoms with Crippen LogP contribution in [0.15, 0.2) is 24.7 Å². The fraction of sp³-hybridized carbons (Fsp3) is 0.500. The van der Waals surface area contributed by atoms with Gasteiger partial charge < -0.3 is 15.8 Å². The van der Waals surface area contributed by atoms with Crippen LogP contribution in [0.25, 0.3) is 11.1 Å². The third-order valence-electron chi connectivity index (χ3n) is 5.18. The standard InChI is InChI=1S/C18H24N6O2/c1-23-9-13(8-21-23)12-6-14(17(19)20-7-12)18(25)22-15-10-26-11-16(15)24-4-2-3-5-24/h6-9,15-16H,2-5,10-11H2,1H3,(H2,19,20)(H,22,25)/t15-,16-/m1/s1. The molecular weight excluding hydrogens is 332 g/mol. The van der Waals surface area contributed by atoms with Crippen molar-refractivity contribution >= 4 is 11.7 Å². The molecule has 26 heavy (non-hydrogen) atoms. The summed E-state index contributed by atoms with van der Waals surface area (Å²) >= 11 is 0. The van der Waals surface area contributed by atoms with E-state index in [1.807, 2.05) is 13.2 Å². The minimum Gasteiger partial charge on any atom is -0.383 e. The molecule has 1 amide bonds. The third kappa shape index (κ3) is 3.30. The number of hydrogen-bond acceptors (Lipinski definition) is 6. The molecule has 2 atom stereocenters. The zero-order valence-corrected chi connectivity index (χ0v) is 14.9. The number of pyridine rings is 1. The van der Waals surface area contributed by atoms with E-state index < -0.39 is 0 Å². The number of nitrogens with one attached hydrogen (secondary N) is 1. The fourth-order valence-electron chi connectivity index (χ4n) is 3.75. The molecule has 0 saturated carbocycles. The Morgan fingerprint density at radius 3 is 2.81 bits per heavy atom. The van der Waals surface area contributed by atoms with Gasteiger partial charge in [-0.15, -0.1) is 0 Å². The van der Waals surface area contributed by atoms with Crippen molar-refractivity contribution in [1.82, 2.24) is 25.0 Å². The van der Waals surface area contributed by atoms with Crippen molar-refractivity contribution in [3.8, 4) is 11.1 Å². The molecule has 2 aromatic rings. The van der Waals surface area contributed by atoms with Gasteiger partial charge in [0.1, 0.15) is 5.82 Å². The van der Waals surface area contributed by atoms with E-state index in [1.54, 1.807) is 23.1 Å². The maximum absolute atomic E-state index is 12.8. The van der Waals surface area contributed by atoms with Gasteiger partial charge in [0.25, 0.3) is 5.91 Å². The van der Waals surface area contributed by atoms with E-state index in [1.165, 1.54) is 12.8 Å². The van der Waals surface area contributed by atoms with Crippen molar-refractivity contribution < 1.29 is 9.53 Å². The Hall–Kier alpha value is -2.45. The number of ether oxygens (including phenoxy) is 1. The van der Waals surface area contributed by atoms with Crippen LogP contribution < -0.4 is 11.1 Å². The van der Waals surface area contributed by atoms with Gasteiger partial charge >= 0.3 is 0 Å². The Bertz CT molecular complexity index is 799. The topological polar surface area (TPSA) is 98.3 Å². The number of aryl methyl sites for hydroxylation is 1. The Morgan fingerprint density at radius 2 is 2.08 bits per heavy atom. The molecule has 8 heteroatoms. The van der Waals surface area contributed by atoms with Gasteiger partial charge in [0, 0.05) is 30.6 Å². The predicted molar refractivity (Wildman–Crippen MR) is 97.5 cm³/mol. The summed E-state index contributed by atoms with van der Waals surface area (Å²) in [6, 6.07) is 1.98. The van der Waals surface area contributed by atoms with Crippen LogP contribution >= 0.6 is 0 Å². The number of likely N-dealkylation sites (tertiary alicyclic amines) is 1. The summed E-state index contributed by atoms with van der Waals surface area (Å²) in [5.74, 6) is 0.0206. The van der Waals surface area contributed by atoms with Crippen LogP contribution in [-0.4, -0.2) is 64.0 Å². The van der Waals surface area contributed by atoms with Gasteiger partial charge in [-0.1, -0.05) is 0 Å². The molecule has 138 valence electrons. The molecular formula is C18H24N6O2. The van der Waals surface area contributed by atoms with Crippen molar-refractivity contribution in [2.24, 2.45) is 7.05 Å². The number of hydrogen-bond donors (Lipinski definition) is 2. The molecule has 0 unspecified atom stereocenters. The zero-order valence-electron chi connectivity index (χ0n) is 14.9. The highest BCUT2D eigenvalue weighted by molar-refractivity contribution is 5.99. The maximum atomic E-state index is 12.8. The van der Waals surface area contributed by atoms with Gasteiger partial charge in [-0.2, -0.15) is 5.10 Å². The average molecular weight is 356 g/mol. The fourth-order valence-corrected chi connectivity index (χ4v) is 3.75. The second-order valence-corrected chi connectivity index (χ2v) is 6.99. The van der Waals surface area contributed by atoms with Crippen molar-refractivity contribution in [2.75, 3.05) is 32.0 Å². The van der Waals surface area contributed by atoms with Gasteiger partial charge in [-0.05, 0) is 32.0 Å². The van der Waals surface area contributed by atoms with Gasteiger partial charge in [-0.25, -0.2) is 4.98 Å². The molecule has 4 rings (SSSR count). The van der Waals surface area contributed by atoms with Crippen LogP contribution in [-0.2, 0) is 11.8 Å². The Morgan fingerprint density at radius 1 is 1.27 bits per heavy atom. The lowest BCUT2D eigenvalue weighted by molar-refractivity contribution is 0.0917. The maximum Gasteiger partial charge on any atom is 0.255 e. The van der Waals surface area contributed by atoms with Crippen molar-refractivity contribution in [1.29, 1.82) is 0 Å². The Balaban J connectivity index is 1.52. The molecule has 0 bridgehead atoms. The first-order valence-corrected chi connectivity index (χ1v) is 8.99. The highest BCUT2D eigenvalue weighted by Gasteiger charge is 2.35. The Labute approximate surface area is 152 Å². The van der Waals surface area contributed by atoms with Gasteiger partial charge in [-0.3, -0.25) is 14.4 Å². The number of rotatable bonds is 4. The SMILES string of the molecule is Cn1cc(-c2cnc(N)c(C(=O)N[C@@H]3COC[C@H]3N3CCCC3)c2)cn1. The zero-order chi connectivity index (χ0) is 18.1. The van der Waals surface area contributed by atoms with Gasteiger partial charge in [0.15, 0.2) is 0 Å². The monoisotopic (exact) mass is 356 g/mol.